The molecule has 0 aliphatic heterocycles. The van der Waals surface area contributed by atoms with Crippen LogP contribution in [0.2, 0.25) is 0 Å². The van der Waals surface area contributed by atoms with Crippen molar-refractivity contribution < 1.29 is 0 Å². The lowest BCUT2D eigenvalue weighted by molar-refractivity contribution is 0.566. The molecule has 2 rings (SSSR count). The van der Waals surface area contributed by atoms with Crippen LogP contribution >= 0.6 is 11.3 Å². The van der Waals surface area contributed by atoms with Crippen LogP contribution in [0.5, 0.6) is 0 Å². The van der Waals surface area contributed by atoms with E-state index in [2.05, 4.69) is 42.8 Å². The van der Waals surface area contributed by atoms with E-state index >= 15 is 0 Å². The Morgan fingerprint density at radius 2 is 2.05 bits per heavy atom. The molecule has 0 saturated carbocycles. The minimum Gasteiger partial charge on any atom is -0.307 e. The number of nitrogens with one attached hydrogen (secondary N) is 1. The van der Waals surface area contributed by atoms with E-state index in [9.17, 15) is 0 Å². The molecule has 19 heavy (non-hydrogen) atoms. The number of hydrogen-bond donors (Lipinski definition) is 1. The van der Waals surface area contributed by atoms with Crippen LogP contribution in [0.4, 0.5) is 0 Å². The van der Waals surface area contributed by atoms with Gasteiger partial charge in [-0.15, -0.1) is 11.3 Å². The van der Waals surface area contributed by atoms with Crippen LogP contribution in [0, 0.1) is 6.92 Å². The molecular formula is C14H22N4S. The number of rotatable bonds is 3. The molecule has 0 fully saturated rings. The number of aromatic nitrogens is 3. The molecule has 4 nitrogen and oxygen atoms in total. The van der Waals surface area contributed by atoms with Gasteiger partial charge in [0.05, 0.1) is 17.4 Å². The number of nitrogens with zero attached hydrogens (tertiary/aromatic N) is 3. The van der Waals surface area contributed by atoms with Crippen molar-refractivity contribution in [1.29, 1.82) is 0 Å². The first-order valence-electron chi connectivity index (χ1n) is 6.46. The van der Waals surface area contributed by atoms with Gasteiger partial charge in [0.25, 0.3) is 0 Å². The first-order valence-corrected chi connectivity index (χ1v) is 7.34. The summed E-state index contributed by atoms with van der Waals surface area (Å²) < 4.78 is 1.85. The zero-order chi connectivity index (χ0) is 14.2. The largest absolute Gasteiger partial charge is 0.307 e. The van der Waals surface area contributed by atoms with Crippen LogP contribution in [0.1, 0.15) is 48.8 Å². The van der Waals surface area contributed by atoms with Crippen LogP contribution < -0.4 is 5.32 Å². The van der Waals surface area contributed by atoms with Gasteiger partial charge in [-0.3, -0.25) is 4.68 Å². The molecular weight excluding hydrogens is 256 g/mol. The van der Waals surface area contributed by atoms with E-state index < -0.39 is 0 Å². The Morgan fingerprint density at radius 1 is 1.37 bits per heavy atom. The summed E-state index contributed by atoms with van der Waals surface area (Å²) in [6.45, 7) is 8.61. The molecule has 2 aromatic heterocycles. The molecule has 0 bridgehead atoms. The van der Waals surface area contributed by atoms with E-state index in [-0.39, 0.29) is 11.5 Å². The number of hydrogen-bond acceptors (Lipinski definition) is 4. The highest BCUT2D eigenvalue weighted by Crippen LogP contribution is 2.30. The van der Waals surface area contributed by atoms with Gasteiger partial charge < -0.3 is 5.32 Å². The van der Waals surface area contributed by atoms with E-state index in [0.29, 0.717) is 0 Å². The van der Waals surface area contributed by atoms with E-state index in [1.807, 2.05) is 25.7 Å². The highest BCUT2D eigenvalue weighted by molar-refractivity contribution is 7.09. The number of thiazole rings is 1. The lowest BCUT2D eigenvalue weighted by Gasteiger charge is -2.16. The third kappa shape index (κ3) is 2.87. The molecule has 2 heterocycles. The second-order valence-corrected chi connectivity index (χ2v) is 6.78. The summed E-state index contributed by atoms with van der Waals surface area (Å²) in [5, 5.41) is 11.0. The monoisotopic (exact) mass is 278 g/mol. The molecule has 2 aromatic rings. The Morgan fingerprint density at radius 3 is 2.47 bits per heavy atom. The molecule has 0 radical (unpaired) electrons. The Labute approximate surface area is 118 Å². The Bertz CT molecular complexity index is 562. The van der Waals surface area contributed by atoms with Gasteiger partial charge in [0.2, 0.25) is 0 Å². The quantitative estimate of drug-likeness (QED) is 0.939. The minimum atomic E-state index is 0.0943. The van der Waals surface area contributed by atoms with E-state index in [0.717, 1.165) is 16.4 Å². The fraction of sp³-hybridized carbons (Fsp3) is 0.571. The van der Waals surface area contributed by atoms with Gasteiger partial charge in [-0.05, 0) is 14.0 Å². The van der Waals surface area contributed by atoms with Gasteiger partial charge in [0.1, 0.15) is 5.01 Å². The first-order chi connectivity index (χ1) is 8.82. The molecule has 0 saturated heterocycles. The fourth-order valence-corrected chi connectivity index (χ4v) is 3.25. The molecule has 1 unspecified atom stereocenters. The Balaban J connectivity index is 2.38. The molecule has 5 heteroatoms. The van der Waals surface area contributed by atoms with Crippen LogP contribution in [0.25, 0.3) is 0 Å². The molecule has 0 aliphatic carbocycles. The third-order valence-electron chi connectivity index (χ3n) is 3.19. The third-order valence-corrected chi connectivity index (χ3v) is 4.10. The molecule has 1 N–H and O–H groups in total. The zero-order valence-corrected chi connectivity index (χ0v) is 13.3. The van der Waals surface area contributed by atoms with Crippen LogP contribution in [0.15, 0.2) is 11.6 Å². The fourth-order valence-electron chi connectivity index (χ4n) is 2.08. The highest BCUT2D eigenvalue weighted by Gasteiger charge is 2.23. The maximum absolute atomic E-state index is 4.80. The van der Waals surface area contributed by atoms with Gasteiger partial charge in [0.15, 0.2) is 0 Å². The van der Waals surface area contributed by atoms with Crippen LogP contribution in [0.3, 0.4) is 0 Å². The second-order valence-electron chi connectivity index (χ2n) is 5.89. The summed E-state index contributed by atoms with van der Waals surface area (Å²) in [6, 6.07) is 0.120. The van der Waals surface area contributed by atoms with Crippen LogP contribution in [-0.2, 0) is 12.5 Å². The van der Waals surface area contributed by atoms with Crippen molar-refractivity contribution in [2.75, 3.05) is 7.05 Å². The summed E-state index contributed by atoms with van der Waals surface area (Å²) >= 11 is 1.71. The van der Waals surface area contributed by atoms with Crippen molar-refractivity contribution >= 4 is 11.3 Å². The lowest BCUT2D eigenvalue weighted by Crippen LogP contribution is -2.19. The molecule has 1 atom stereocenters. The normalized spacial score (nSPS) is 13.8. The molecule has 0 spiro atoms. The highest BCUT2D eigenvalue weighted by atomic mass is 32.1. The maximum atomic E-state index is 4.80. The zero-order valence-electron chi connectivity index (χ0n) is 12.5. The average Bonchev–Trinajstić information content (AvgIpc) is 2.87. The predicted molar refractivity (Wildman–Crippen MR) is 79.7 cm³/mol. The van der Waals surface area contributed by atoms with Gasteiger partial charge in [-0.25, -0.2) is 4.98 Å². The van der Waals surface area contributed by atoms with Crippen molar-refractivity contribution in [1.82, 2.24) is 20.1 Å². The van der Waals surface area contributed by atoms with Crippen LogP contribution in [-0.4, -0.2) is 21.8 Å². The van der Waals surface area contributed by atoms with Crippen molar-refractivity contribution in [3.05, 3.63) is 33.5 Å². The SMILES string of the molecule is CNC(c1nc(C(C)(C)C)cs1)c1cn(C)nc1C. The topological polar surface area (TPSA) is 42.7 Å². The van der Waals surface area contributed by atoms with Crippen molar-refractivity contribution in [2.24, 2.45) is 7.05 Å². The molecule has 0 aromatic carbocycles. The Kier molecular flexibility index (Phi) is 3.78. The van der Waals surface area contributed by atoms with Gasteiger partial charge in [-0.1, -0.05) is 20.8 Å². The maximum Gasteiger partial charge on any atom is 0.115 e. The van der Waals surface area contributed by atoms with E-state index in [1.165, 1.54) is 5.56 Å². The standard InChI is InChI=1S/C14H22N4S/c1-9-10(7-18(6)17-9)12(15-5)13-16-11(8-19-13)14(2,3)4/h7-8,12,15H,1-6H3. The molecule has 0 amide bonds. The summed E-state index contributed by atoms with van der Waals surface area (Å²) in [4.78, 5) is 4.80. The molecule has 104 valence electrons. The van der Waals surface area contributed by atoms with Gasteiger partial charge >= 0.3 is 0 Å². The van der Waals surface area contributed by atoms with Crippen molar-refractivity contribution in [2.45, 2.75) is 39.2 Å². The van der Waals surface area contributed by atoms with E-state index in [1.54, 1.807) is 11.3 Å². The lowest BCUT2D eigenvalue weighted by atomic mass is 9.93. The summed E-state index contributed by atoms with van der Waals surface area (Å²) in [5.41, 5.74) is 3.49. The predicted octanol–water partition coefficient (Wildman–Crippen LogP) is 2.79. The first kappa shape index (κ1) is 14.2. The summed E-state index contributed by atoms with van der Waals surface area (Å²) in [7, 11) is 3.92. The second kappa shape index (κ2) is 5.06. The van der Waals surface area contributed by atoms with Crippen molar-refractivity contribution in [3.63, 3.8) is 0 Å². The smallest absolute Gasteiger partial charge is 0.115 e. The molecule has 0 aliphatic rings. The van der Waals surface area contributed by atoms with Gasteiger partial charge in [0, 0.05) is 29.6 Å². The number of aryl methyl sites for hydroxylation is 2. The summed E-state index contributed by atoms with van der Waals surface area (Å²) in [5.74, 6) is 0. The average molecular weight is 278 g/mol. The van der Waals surface area contributed by atoms with Crippen molar-refractivity contribution in [3.8, 4) is 0 Å². The summed E-state index contributed by atoms with van der Waals surface area (Å²) in [6.07, 6.45) is 2.06. The Hall–Kier alpha value is -1.20. The van der Waals surface area contributed by atoms with E-state index in [4.69, 9.17) is 4.98 Å². The van der Waals surface area contributed by atoms with Gasteiger partial charge in [-0.2, -0.15) is 5.10 Å². The minimum absolute atomic E-state index is 0.0943.